The van der Waals surface area contributed by atoms with E-state index in [0.717, 1.165) is 4.88 Å². The Morgan fingerprint density at radius 2 is 2.42 bits per heavy atom. The van der Waals surface area contributed by atoms with Crippen LogP contribution in [0.5, 0.6) is 0 Å². The van der Waals surface area contributed by atoms with Crippen molar-refractivity contribution in [3.8, 4) is 10.4 Å². The summed E-state index contributed by atoms with van der Waals surface area (Å²) in [5, 5.41) is 8.69. The van der Waals surface area contributed by atoms with Crippen LogP contribution in [0.1, 0.15) is 10.5 Å². The van der Waals surface area contributed by atoms with Crippen molar-refractivity contribution < 1.29 is 9.90 Å². The Kier molecular flexibility index (Phi) is 1.51. The molecule has 0 saturated heterocycles. The van der Waals surface area contributed by atoms with Crippen LogP contribution in [0.25, 0.3) is 10.4 Å². The second kappa shape index (κ2) is 2.53. The average Bonchev–Trinajstić information content (AvgIpc) is 2.47. The third-order valence-electron chi connectivity index (χ3n) is 1.49. The predicted molar refractivity (Wildman–Crippen MR) is 43.5 cm³/mol. The van der Waals surface area contributed by atoms with Gasteiger partial charge < -0.3 is 5.11 Å². The van der Waals surface area contributed by atoms with E-state index < -0.39 is 5.97 Å². The van der Waals surface area contributed by atoms with Crippen LogP contribution >= 0.6 is 11.5 Å². The van der Waals surface area contributed by atoms with Crippen LogP contribution in [-0.4, -0.2) is 20.4 Å². The summed E-state index contributed by atoms with van der Waals surface area (Å²) in [5.74, 6) is -0.997. The maximum absolute atomic E-state index is 10.6. The topological polar surface area (TPSA) is 63.1 Å². The van der Waals surface area contributed by atoms with Crippen LogP contribution in [0.3, 0.4) is 0 Å². The molecule has 2 heterocycles. The number of carboxylic acid groups (broad SMARTS) is 1. The molecule has 0 spiro atoms. The summed E-state index contributed by atoms with van der Waals surface area (Å²) in [6.07, 6.45) is 3.09. The van der Waals surface area contributed by atoms with Gasteiger partial charge in [0.05, 0.1) is 4.88 Å². The van der Waals surface area contributed by atoms with Gasteiger partial charge in [0.25, 0.3) is 0 Å². The second-order valence-electron chi connectivity index (χ2n) is 2.20. The Balaban J connectivity index is 2.67. The van der Waals surface area contributed by atoms with Crippen LogP contribution in [-0.2, 0) is 0 Å². The highest BCUT2D eigenvalue weighted by Gasteiger charge is 2.16. The lowest BCUT2D eigenvalue weighted by atomic mass is 10.2. The molecule has 2 rings (SSSR count). The van der Waals surface area contributed by atoms with Gasteiger partial charge in [-0.25, -0.2) is 14.2 Å². The molecule has 0 fully saturated rings. The van der Waals surface area contributed by atoms with E-state index in [1.807, 2.05) is 0 Å². The van der Waals surface area contributed by atoms with E-state index in [9.17, 15) is 4.79 Å². The zero-order valence-corrected chi connectivity index (χ0v) is 6.71. The molecule has 1 N–H and O–H groups in total. The van der Waals surface area contributed by atoms with Crippen molar-refractivity contribution in [2.24, 2.45) is 0 Å². The first-order chi connectivity index (χ1) is 5.79. The monoisotopic (exact) mass is 180 g/mol. The van der Waals surface area contributed by atoms with E-state index in [0.29, 0.717) is 5.56 Å². The lowest BCUT2D eigenvalue weighted by Gasteiger charge is -1.93. The van der Waals surface area contributed by atoms with E-state index in [-0.39, 0.29) is 5.69 Å². The van der Waals surface area contributed by atoms with E-state index in [1.54, 1.807) is 12.3 Å². The predicted octanol–water partition coefficient (Wildman–Crippen LogP) is 1.34. The lowest BCUT2D eigenvalue weighted by molar-refractivity contribution is 0.0692. The molecule has 0 radical (unpaired) electrons. The molecule has 0 saturated carbocycles. The molecule has 2 aliphatic heterocycles. The van der Waals surface area contributed by atoms with Gasteiger partial charge in [0.2, 0.25) is 0 Å². The Morgan fingerprint density at radius 3 is 3.17 bits per heavy atom. The average molecular weight is 180 g/mol. The zero-order chi connectivity index (χ0) is 8.55. The fourth-order valence-electron chi connectivity index (χ4n) is 0.975. The van der Waals surface area contributed by atoms with E-state index in [4.69, 9.17) is 5.11 Å². The number of hydrogen-bond acceptors (Lipinski definition) is 4. The van der Waals surface area contributed by atoms with Crippen LogP contribution < -0.4 is 0 Å². The number of aromatic nitrogens is 2. The van der Waals surface area contributed by atoms with Crippen LogP contribution in [0.15, 0.2) is 18.5 Å². The van der Waals surface area contributed by atoms with Crippen molar-refractivity contribution in [1.29, 1.82) is 0 Å². The molecule has 0 unspecified atom stereocenters. The normalized spacial score (nSPS) is 10.3. The number of hydrogen-bond donors (Lipinski definition) is 1. The Morgan fingerprint density at radius 1 is 1.58 bits per heavy atom. The molecule has 12 heavy (non-hydrogen) atoms. The molecule has 60 valence electrons. The van der Waals surface area contributed by atoms with Crippen LogP contribution in [0, 0.1) is 0 Å². The highest BCUT2D eigenvalue weighted by Crippen LogP contribution is 2.27. The number of aromatic carboxylic acids is 1. The van der Waals surface area contributed by atoms with Gasteiger partial charge in [0.1, 0.15) is 0 Å². The Labute approximate surface area is 72.0 Å². The third-order valence-corrected chi connectivity index (χ3v) is 2.24. The Bertz CT molecular complexity index is 398. The Hall–Kier alpha value is -1.49. The minimum absolute atomic E-state index is 0.101. The molecular formula is C7H4N2O2S. The highest BCUT2D eigenvalue weighted by molar-refractivity contribution is 7.09. The molecule has 0 aliphatic carbocycles. The number of carbonyl (C=O) groups is 1. The zero-order valence-electron chi connectivity index (χ0n) is 5.89. The standard InChI is InChI=1S/C7H4N2O2S/c10-7(11)6-4-1-2-9-12-5(4)3-8-6/h1-3H,(H,10,11). The molecule has 0 bridgehead atoms. The van der Waals surface area contributed by atoms with Gasteiger partial charge in [-0.3, -0.25) is 0 Å². The maximum Gasteiger partial charge on any atom is 0.355 e. The summed E-state index contributed by atoms with van der Waals surface area (Å²) in [5.41, 5.74) is 0.756. The number of fused-ring (bicyclic) bond motifs is 1. The van der Waals surface area contributed by atoms with Crippen molar-refractivity contribution in [2.45, 2.75) is 0 Å². The quantitative estimate of drug-likeness (QED) is 0.719. The summed E-state index contributed by atoms with van der Waals surface area (Å²) in [6, 6.07) is 1.66. The summed E-state index contributed by atoms with van der Waals surface area (Å²) >= 11 is 1.24. The third kappa shape index (κ3) is 0.947. The van der Waals surface area contributed by atoms with Gasteiger partial charge in [0.15, 0.2) is 5.69 Å². The van der Waals surface area contributed by atoms with Gasteiger partial charge in [-0.15, -0.1) is 0 Å². The van der Waals surface area contributed by atoms with Gasteiger partial charge in [-0.05, 0) is 17.6 Å². The molecule has 0 aromatic heterocycles. The largest absolute Gasteiger partial charge is 0.476 e. The molecule has 5 heteroatoms. The van der Waals surface area contributed by atoms with Gasteiger partial charge >= 0.3 is 5.97 Å². The SMILES string of the molecule is O=C(O)c1ncc2snccc1-2. The van der Waals surface area contributed by atoms with Crippen LogP contribution in [0.4, 0.5) is 0 Å². The van der Waals surface area contributed by atoms with Crippen molar-refractivity contribution in [3.05, 3.63) is 24.2 Å². The molecular weight excluding hydrogens is 176 g/mol. The van der Waals surface area contributed by atoms with Crippen molar-refractivity contribution in [3.63, 3.8) is 0 Å². The van der Waals surface area contributed by atoms with E-state index in [2.05, 4.69) is 9.36 Å². The lowest BCUT2D eigenvalue weighted by Crippen LogP contribution is -1.97. The number of carboxylic acids is 1. The molecule has 0 aromatic carbocycles. The number of nitrogens with zero attached hydrogens (tertiary/aromatic N) is 2. The van der Waals surface area contributed by atoms with Gasteiger partial charge in [-0.2, -0.15) is 0 Å². The highest BCUT2D eigenvalue weighted by atomic mass is 32.1. The summed E-state index contributed by atoms with van der Waals surface area (Å²) in [4.78, 5) is 15.2. The maximum atomic E-state index is 10.6. The molecule has 0 amide bonds. The minimum Gasteiger partial charge on any atom is -0.476 e. The fraction of sp³-hybridized carbons (Fsp3) is 0. The smallest absolute Gasteiger partial charge is 0.355 e. The molecule has 4 nitrogen and oxygen atoms in total. The van der Waals surface area contributed by atoms with E-state index >= 15 is 0 Å². The molecule has 2 aliphatic rings. The summed E-state index contributed by atoms with van der Waals surface area (Å²) in [6.45, 7) is 0. The van der Waals surface area contributed by atoms with Crippen LogP contribution in [0.2, 0.25) is 0 Å². The van der Waals surface area contributed by atoms with Crippen molar-refractivity contribution in [1.82, 2.24) is 9.36 Å². The first-order valence-electron chi connectivity index (χ1n) is 3.22. The first-order valence-corrected chi connectivity index (χ1v) is 3.99. The van der Waals surface area contributed by atoms with Gasteiger partial charge in [0, 0.05) is 18.0 Å². The first kappa shape index (κ1) is 7.17. The van der Waals surface area contributed by atoms with Crippen molar-refractivity contribution in [2.75, 3.05) is 0 Å². The fourth-order valence-corrected chi connectivity index (χ4v) is 1.57. The van der Waals surface area contributed by atoms with E-state index in [1.165, 1.54) is 17.7 Å². The summed E-state index contributed by atoms with van der Waals surface area (Å²) < 4.78 is 3.89. The second-order valence-corrected chi connectivity index (χ2v) is 3.04. The minimum atomic E-state index is -0.997. The number of rotatable bonds is 1. The van der Waals surface area contributed by atoms with Crippen molar-refractivity contribution >= 4 is 17.5 Å². The summed E-state index contributed by atoms with van der Waals surface area (Å²) in [7, 11) is 0. The molecule has 0 aromatic rings. The van der Waals surface area contributed by atoms with Gasteiger partial charge in [-0.1, -0.05) is 0 Å². The molecule has 0 atom stereocenters.